The van der Waals surface area contributed by atoms with E-state index in [9.17, 15) is 10.4 Å². The summed E-state index contributed by atoms with van der Waals surface area (Å²) in [5.41, 5.74) is 0. The molecule has 0 spiro atoms. The minimum atomic E-state index is -0.0370. The zero-order valence-corrected chi connectivity index (χ0v) is 4.50. The van der Waals surface area contributed by atoms with Crippen LogP contribution in [0.5, 0.6) is 0 Å². The Kier molecular flexibility index (Phi) is 0.669. The molecule has 0 aromatic heterocycles. The molecule has 8 nitrogen and oxygen atoms in total. The average Bonchev–Trinajstić information content (AvgIpc) is 2.21. The van der Waals surface area contributed by atoms with Gasteiger partial charge in [0.05, 0.1) is 30.4 Å². The molecule has 0 bridgehead atoms. The van der Waals surface area contributed by atoms with Gasteiger partial charge in [0, 0.05) is 0 Å². The van der Waals surface area contributed by atoms with Crippen LogP contribution in [-0.2, 0) is 0 Å². The van der Waals surface area contributed by atoms with Crippen molar-refractivity contribution in [2.45, 2.75) is 0 Å². The standard InChI is InChI=1S/C2N6O2/c9-7-3-1-2(5-7)6-8(10)4-1. The lowest BCUT2D eigenvalue weighted by Crippen LogP contribution is -1.97. The van der Waals surface area contributed by atoms with E-state index in [-0.39, 0.29) is 21.6 Å². The minimum Gasteiger partial charge on any atom is -0.569 e. The van der Waals surface area contributed by atoms with Crippen LogP contribution in [0.4, 0.5) is 0 Å². The normalized spacial score (nSPS) is 21.2. The predicted octanol–water partition coefficient (Wildman–Crippen LogP) is -0.434. The van der Waals surface area contributed by atoms with Crippen LogP contribution in [0.3, 0.4) is 0 Å². The van der Waals surface area contributed by atoms with E-state index in [1.807, 2.05) is 0 Å². The van der Waals surface area contributed by atoms with Crippen LogP contribution in [0, 0.1) is 10.4 Å². The first kappa shape index (κ1) is 4.97. The van der Waals surface area contributed by atoms with Crippen molar-refractivity contribution in [3.05, 3.63) is 10.4 Å². The van der Waals surface area contributed by atoms with Crippen molar-refractivity contribution in [2.24, 2.45) is 20.4 Å². The third-order valence-electron chi connectivity index (χ3n) is 0.921. The molecule has 8 heteroatoms. The number of amidine groups is 2. The topological polar surface area (TPSA) is 102 Å². The third-order valence-corrected chi connectivity index (χ3v) is 0.921. The van der Waals surface area contributed by atoms with Crippen molar-refractivity contribution in [2.75, 3.05) is 0 Å². The summed E-state index contributed by atoms with van der Waals surface area (Å²) in [4.78, 5) is 0.120. The third kappa shape index (κ3) is 0.493. The summed E-state index contributed by atoms with van der Waals surface area (Å²) < 4.78 is 0. The first-order valence-corrected chi connectivity index (χ1v) is 2.31. The molecule has 50 valence electrons. The zero-order valence-electron chi connectivity index (χ0n) is 4.50. The quantitative estimate of drug-likeness (QED) is 0.336. The molecule has 0 N–H and O–H groups in total. The largest absolute Gasteiger partial charge is 0.569 e. The van der Waals surface area contributed by atoms with Crippen LogP contribution >= 0.6 is 0 Å². The van der Waals surface area contributed by atoms with Crippen molar-refractivity contribution in [3.8, 4) is 0 Å². The van der Waals surface area contributed by atoms with Crippen LogP contribution in [0.1, 0.15) is 0 Å². The maximum atomic E-state index is 10.3. The Balaban J connectivity index is 2.49. The van der Waals surface area contributed by atoms with E-state index in [1.165, 1.54) is 0 Å². The molecular weight excluding hydrogens is 140 g/mol. The van der Waals surface area contributed by atoms with Crippen molar-refractivity contribution in [1.29, 1.82) is 0 Å². The zero-order chi connectivity index (χ0) is 7.14. The molecule has 0 saturated heterocycles. The van der Waals surface area contributed by atoms with Crippen molar-refractivity contribution >= 4 is 11.7 Å². The predicted molar refractivity (Wildman–Crippen MR) is 27.0 cm³/mol. The molecule has 0 amide bonds. The van der Waals surface area contributed by atoms with Crippen LogP contribution in [0.25, 0.3) is 0 Å². The van der Waals surface area contributed by atoms with E-state index in [1.54, 1.807) is 0 Å². The maximum Gasteiger partial charge on any atom is 0.350 e. The Bertz CT molecular complexity index is 278. The molecular formula is C2N6O2. The van der Waals surface area contributed by atoms with E-state index >= 15 is 0 Å². The lowest BCUT2D eigenvalue weighted by molar-refractivity contribution is -0.538. The fourth-order valence-electron chi connectivity index (χ4n) is 0.588. The summed E-state index contributed by atoms with van der Waals surface area (Å²) >= 11 is 0. The second kappa shape index (κ2) is 1.35. The van der Waals surface area contributed by atoms with Gasteiger partial charge in [-0.3, -0.25) is 0 Å². The molecule has 2 aliphatic rings. The number of nitrogens with zero attached hydrogens (tertiary/aromatic N) is 6. The van der Waals surface area contributed by atoms with Gasteiger partial charge in [-0.2, -0.15) is 0 Å². The summed E-state index contributed by atoms with van der Waals surface area (Å²) in [5.74, 6) is -0.0741. The highest BCUT2D eigenvalue weighted by atomic mass is 16.5. The van der Waals surface area contributed by atoms with Crippen LogP contribution in [0.2, 0.25) is 0 Å². The molecule has 0 atom stereocenters. The minimum absolute atomic E-state index is 0.0370. The highest BCUT2D eigenvalue weighted by Gasteiger charge is 2.33. The summed E-state index contributed by atoms with van der Waals surface area (Å²) in [6.45, 7) is 0. The lowest BCUT2D eigenvalue weighted by Gasteiger charge is -1.79. The monoisotopic (exact) mass is 140 g/mol. The molecule has 0 aromatic rings. The van der Waals surface area contributed by atoms with Crippen LogP contribution in [0.15, 0.2) is 20.4 Å². The number of rotatable bonds is 0. The smallest absolute Gasteiger partial charge is 0.350 e. The van der Waals surface area contributed by atoms with E-state index in [0.29, 0.717) is 0 Å². The van der Waals surface area contributed by atoms with E-state index in [4.69, 9.17) is 0 Å². The Hall–Kier alpha value is -1.86. The lowest BCUT2D eigenvalue weighted by atomic mass is 10.6. The average molecular weight is 140 g/mol. The Morgan fingerprint density at radius 1 is 0.900 bits per heavy atom. The Labute approximate surface area is 53.6 Å². The molecule has 0 saturated carbocycles. The van der Waals surface area contributed by atoms with Gasteiger partial charge < -0.3 is 10.4 Å². The Morgan fingerprint density at radius 2 is 1.30 bits per heavy atom. The molecule has 2 rings (SSSR count). The van der Waals surface area contributed by atoms with Crippen molar-refractivity contribution in [3.63, 3.8) is 0 Å². The van der Waals surface area contributed by atoms with Gasteiger partial charge in [0.2, 0.25) is 0 Å². The van der Waals surface area contributed by atoms with Crippen LogP contribution in [-0.4, -0.2) is 21.6 Å². The van der Waals surface area contributed by atoms with Gasteiger partial charge in [0.15, 0.2) is 0 Å². The molecule has 2 heterocycles. The second-order valence-electron chi connectivity index (χ2n) is 1.55. The molecule has 10 heavy (non-hydrogen) atoms. The summed E-state index contributed by atoms with van der Waals surface area (Å²) in [5, 5.41) is 33.3. The van der Waals surface area contributed by atoms with Gasteiger partial charge >= 0.3 is 11.7 Å². The Morgan fingerprint density at radius 3 is 1.70 bits per heavy atom. The number of hydrazone groups is 2. The molecule has 0 fully saturated rings. The summed E-state index contributed by atoms with van der Waals surface area (Å²) in [6.07, 6.45) is 0. The SMILES string of the molecule is [O-][N+]1=NC2=N[N+]([O-])=NC2=N1. The van der Waals surface area contributed by atoms with Gasteiger partial charge in [-0.25, -0.2) is 0 Å². The molecule has 0 aliphatic carbocycles. The highest BCUT2D eigenvalue weighted by molar-refractivity contribution is 6.41. The number of hydrogen-bond acceptors (Lipinski definition) is 6. The number of fused-ring (bicyclic) bond motifs is 1. The summed E-state index contributed by atoms with van der Waals surface area (Å²) in [7, 11) is 0. The fraction of sp³-hybridized carbons (Fsp3) is 0. The van der Waals surface area contributed by atoms with Gasteiger partial charge in [0.25, 0.3) is 0 Å². The fourth-order valence-corrected chi connectivity index (χ4v) is 0.588. The van der Waals surface area contributed by atoms with E-state index in [2.05, 4.69) is 20.4 Å². The maximum absolute atomic E-state index is 10.3. The van der Waals surface area contributed by atoms with Crippen LogP contribution < -0.4 is 0 Å². The van der Waals surface area contributed by atoms with Crippen molar-refractivity contribution < 1.29 is 9.94 Å². The first-order valence-electron chi connectivity index (χ1n) is 2.31. The molecule has 2 aliphatic heterocycles. The van der Waals surface area contributed by atoms with Gasteiger partial charge in [-0.15, -0.1) is 0 Å². The van der Waals surface area contributed by atoms with Gasteiger partial charge in [-0.05, 0) is 0 Å². The van der Waals surface area contributed by atoms with Gasteiger partial charge in [-0.1, -0.05) is 0 Å². The molecule has 0 radical (unpaired) electrons. The van der Waals surface area contributed by atoms with E-state index < -0.39 is 0 Å². The highest BCUT2D eigenvalue weighted by Crippen LogP contribution is 2.06. The number of hydrogen-bond donors (Lipinski definition) is 0. The second-order valence-corrected chi connectivity index (χ2v) is 1.55. The van der Waals surface area contributed by atoms with E-state index in [0.717, 1.165) is 0 Å². The van der Waals surface area contributed by atoms with Gasteiger partial charge in [0.1, 0.15) is 0 Å². The summed E-state index contributed by atoms with van der Waals surface area (Å²) in [6, 6.07) is 0. The molecule has 0 aromatic carbocycles. The molecule has 0 unspecified atom stereocenters. The first-order chi connectivity index (χ1) is 4.75. The van der Waals surface area contributed by atoms with Crippen molar-refractivity contribution in [1.82, 2.24) is 0 Å².